The lowest BCUT2D eigenvalue weighted by Gasteiger charge is -2.04. The van der Waals surface area contributed by atoms with Gasteiger partial charge in [-0.15, -0.1) is 0 Å². The van der Waals surface area contributed by atoms with E-state index in [0.29, 0.717) is 17.9 Å². The van der Waals surface area contributed by atoms with E-state index in [-0.39, 0.29) is 18.0 Å². The van der Waals surface area contributed by atoms with E-state index in [2.05, 4.69) is 22.6 Å². The minimum atomic E-state index is -0.0735. The average molecular weight is 330 g/mol. The maximum Gasteiger partial charge on any atom is 0.171 e. The van der Waals surface area contributed by atoms with Crippen LogP contribution in [-0.4, -0.2) is 11.6 Å². The molecule has 0 radical (unpaired) electrons. The Balaban J connectivity index is 2.66. The van der Waals surface area contributed by atoms with Gasteiger partial charge in [-0.2, -0.15) is 0 Å². The molecule has 0 unspecified atom stereocenters. The maximum absolute atomic E-state index is 11.8. The highest BCUT2D eigenvalue weighted by Crippen LogP contribution is 2.14. The SMILES string of the molecule is CC(C)CC(=O)CC(=O)c1ccccc1I. The Morgan fingerprint density at radius 3 is 2.44 bits per heavy atom. The van der Waals surface area contributed by atoms with E-state index in [9.17, 15) is 9.59 Å². The first kappa shape index (κ1) is 13.4. The summed E-state index contributed by atoms with van der Waals surface area (Å²) in [5.74, 6) is 0.269. The Kier molecular flexibility index (Phi) is 5.12. The van der Waals surface area contributed by atoms with Gasteiger partial charge in [-0.05, 0) is 34.6 Å². The standard InChI is InChI=1S/C13H15IO2/c1-9(2)7-10(15)8-13(16)11-5-3-4-6-12(11)14/h3-6,9H,7-8H2,1-2H3. The Bertz CT molecular complexity index is 397. The van der Waals surface area contributed by atoms with E-state index < -0.39 is 0 Å². The first-order valence-electron chi connectivity index (χ1n) is 5.30. The van der Waals surface area contributed by atoms with Crippen molar-refractivity contribution in [2.75, 3.05) is 0 Å². The summed E-state index contributed by atoms with van der Waals surface area (Å²) in [4.78, 5) is 23.4. The number of Topliss-reactive ketones (excluding diaryl/α,β-unsaturated/α-hetero) is 2. The summed E-state index contributed by atoms with van der Waals surface area (Å²) >= 11 is 2.12. The van der Waals surface area contributed by atoms with Crippen molar-refractivity contribution >= 4 is 34.2 Å². The monoisotopic (exact) mass is 330 g/mol. The fraction of sp³-hybridized carbons (Fsp3) is 0.385. The van der Waals surface area contributed by atoms with Crippen LogP contribution in [0.5, 0.6) is 0 Å². The van der Waals surface area contributed by atoms with Gasteiger partial charge in [0.25, 0.3) is 0 Å². The number of carbonyl (C=O) groups excluding carboxylic acids is 2. The summed E-state index contributed by atoms with van der Waals surface area (Å²) in [5.41, 5.74) is 0.653. The second-order valence-corrected chi connectivity index (χ2v) is 5.38. The van der Waals surface area contributed by atoms with Gasteiger partial charge in [-0.25, -0.2) is 0 Å². The molecule has 0 aliphatic rings. The van der Waals surface area contributed by atoms with Gasteiger partial charge in [0, 0.05) is 15.6 Å². The van der Waals surface area contributed by atoms with Crippen LogP contribution >= 0.6 is 22.6 Å². The summed E-state index contributed by atoms with van der Waals surface area (Å²) in [5, 5.41) is 0. The lowest BCUT2D eigenvalue weighted by Crippen LogP contribution is -2.11. The number of hydrogen-bond acceptors (Lipinski definition) is 2. The van der Waals surface area contributed by atoms with Crippen LogP contribution in [-0.2, 0) is 4.79 Å². The van der Waals surface area contributed by atoms with Crippen molar-refractivity contribution in [3.63, 3.8) is 0 Å². The zero-order valence-corrected chi connectivity index (χ0v) is 11.7. The molecule has 2 nitrogen and oxygen atoms in total. The topological polar surface area (TPSA) is 34.1 Å². The van der Waals surface area contributed by atoms with Gasteiger partial charge in [0.05, 0.1) is 6.42 Å². The van der Waals surface area contributed by atoms with Gasteiger partial charge in [-0.1, -0.05) is 32.0 Å². The van der Waals surface area contributed by atoms with E-state index in [1.807, 2.05) is 32.0 Å². The third-order valence-electron chi connectivity index (χ3n) is 2.17. The predicted octanol–water partition coefficient (Wildman–Crippen LogP) is 3.48. The third-order valence-corrected chi connectivity index (χ3v) is 3.11. The zero-order valence-electron chi connectivity index (χ0n) is 9.50. The van der Waals surface area contributed by atoms with E-state index in [1.165, 1.54) is 0 Å². The van der Waals surface area contributed by atoms with Crippen molar-refractivity contribution < 1.29 is 9.59 Å². The second kappa shape index (κ2) is 6.13. The molecule has 3 heteroatoms. The molecule has 0 saturated heterocycles. The Morgan fingerprint density at radius 1 is 1.25 bits per heavy atom. The van der Waals surface area contributed by atoms with Crippen LogP contribution in [0.2, 0.25) is 0 Å². The Morgan fingerprint density at radius 2 is 1.88 bits per heavy atom. The second-order valence-electron chi connectivity index (χ2n) is 4.22. The van der Waals surface area contributed by atoms with Gasteiger partial charge in [0.1, 0.15) is 5.78 Å². The molecule has 0 bridgehead atoms. The minimum absolute atomic E-state index is 0.0260. The molecule has 0 aromatic heterocycles. The molecule has 1 rings (SSSR count). The highest BCUT2D eigenvalue weighted by Gasteiger charge is 2.14. The number of halogens is 1. The number of ketones is 2. The van der Waals surface area contributed by atoms with Gasteiger partial charge >= 0.3 is 0 Å². The number of carbonyl (C=O) groups is 2. The fourth-order valence-electron chi connectivity index (χ4n) is 1.49. The number of benzene rings is 1. The van der Waals surface area contributed by atoms with E-state index in [1.54, 1.807) is 6.07 Å². The van der Waals surface area contributed by atoms with E-state index in [0.717, 1.165) is 3.57 Å². The molecular weight excluding hydrogens is 315 g/mol. The maximum atomic E-state index is 11.8. The van der Waals surface area contributed by atoms with E-state index in [4.69, 9.17) is 0 Å². The largest absolute Gasteiger partial charge is 0.299 e. The minimum Gasteiger partial charge on any atom is -0.299 e. The summed E-state index contributed by atoms with van der Waals surface area (Å²) in [6, 6.07) is 7.35. The average Bonchev–Trinajstić information content (AvgIpc) is 2.16. The van der Waals surface area contributed by atoms with Crippen LogP contribution in [0.15, 0.2) is 24.3 Å². The molecule has 0 aliphatic heterocycles. The van der Waals surface area contributed by atoms with Crippen LogP contribution < -0.4 is 0 Å². The van der Waals surface area contributed by atoms with Crippen LogP contribution in [0.1, 0.15) is 37.0 Å². The highest BCUT2D eigenvalue weighted by atomic mass is 127. The van der Waals surface area contributed by atoms with Crippen molar-refractivity contribution in [1.29, 1.82) is 0 Å². The molecular formula is C13H15IO2. The van der Waals surface area contributed by atoms with Crippen LogP contribution in [0, 0.1) is 9.49 Å². The number of hydrogen-bond donors (Lipinski definition) is 0. The quantitative estimate of drug-likeness (QED) is 0.471. The van der Waals surface area contributed by atoms with Crippen molar-refractivity contribution in [3.8, 4) is 0 Å². The summed E-state index contributed by atoms with van der Waals surface area (Å²) in [6.45, 7) is 3.96. The molecule has 0 spiro atoms. The van der Waals surface area contributed by atoms with Crippen molar-refractivity contribution in [3.05, 3.63) is 33.4 Å². The summed E-state index contributed by atoms with van der Waals surface area (Å²) in [6.07, 6.45) is 0.507. The van der Waals surface area contributed by atoms with Gasteiger partial charge < -0.3 is 0 Å². The number of rotatable bonds is 5. The van der Waals surface area contributed by atoms with Crippen LogP contribution in [0.3, 0.4) is 0 Å². The Hall–Kier alpha value is -0.710. The molecule has 0 atom stereocenters. The molecule has 0 aliphatic carbocycles. The fourth-order valence-corrected chi connectivity index (χ4v) is 2.18. The van der Waals surface area contributed by atoms with Crippen molar-refractivity contribution in [1.82, 2.24) is 0 Å². The zero-order chi connectivity index (χ0) is 12.1. The molecule has 0 saturated carbocycles. The van der Waals surface area contributed by atoms with Crippen molar-refractivity contribution in [2.45, 2.75) is 26.7 Å². The summed E-state index contributed by atoms with van der Waals surface area (Å²) in [7, 11) is 0. The molecule has 1 aromatic carbocycles. The van der Waals surface area contributed by atoms with Crippen LogP contribution in [0.25, 0.3) is 0 Å². The highest BCUT2D eigenvalue weighted by molar-refractivity contribution is 14.1. The van der Waals surface area contributed by atoms with Gasteiger partial charge in [0.2, 0.25) is 0 Å². The molecule has 0 fully saturated rings. The smallest absolute Gasteiger partial charge is 0.171 e. The molecule has 0 amide bonds. The molecule has 86 valence electrons. The third kappa shape index (κ3) is 4.04. The van der Waals surface area contributed by atoms with Crippen LogP contribution in [0.4, 0.5) is 0 Å². The van der Waals surface area contributed by atoms with E-state index >= 15 is 0 Å². The molecule has 0 N–H and O–H groups in total. The van der Waals surface area contributed by atoms with Crippen molar-refractivity contribution in [2.24, 2.45) is 5.92 Å². The van der Waals surface area contributed by atoms with Gasteiger partial charge in [-0.3, -0.25) is 9.59 Å². The Labute approximate surface area is 110 Å². The summed E-state index contributed by atoms with van der Waals surface area (Å²) < 4.78 is 0.905. The lowest BCUT2D eigenvalue weighted by molar-refractivity contribution is -0.118. The molecule has 1 aromatic rings. The first-order chi connectivity index (χ1) is 7.50. The predicted molar refractivity (Wildman–Crippen MR) is 72.6 cm³/mol. The lowest BCUT2D eigenvalue weighted by atomic mass is 10.0. The normalized spacial score (nSPS) is 10.5. The molecule has 16 heavy (non-hydrogen) atoms. The first-order valence-corrected chi connectivity index (χ1v) is 6.38. The molecule has 0 heterocycles. The van der Waals surface area contributed by atoms with Gasteiger partial charge in [0.15, 0.2) is 5.78 Å².